The van der Waals surface area contributed by atoms with Gasteiger partial charge in [0.2, 0.25) is 0 Å². The van der Waals surface area contributed by atoms with Crippen molar-refractivity contribution < 1.29 is 0 Å². The van der Waals surface area contributed by atoms with Gasteiger partial charge in [-0.25, -0.2) is 15.0 Å². The van der Waals surface area contributed by atoms with Gasteiger partial charge >= 0.3 is 0 Å². The molecule has 0 amide bonds. The maximum atomic E-state index is 9.90. The van der Waals surface area contributed by atoms with E-state index in [0.29, 0.717) is 23.0 Å². The third-order valence-electron chi connectivity index (χ3n) is 16.5. The molecular weight excluding hydrogens is 997 g/mol. The Bertz CT molecular complexity index is 4410. The quantitative estimate of drug-likeness (QED) is 0.159. The molecule has 0 unspecified atom stereocenters. The third-order valence-corrected chi connectivity index (χ3v) is 16.5. The molecule has 0 atom stereocenters. The molecule has 9 aromatic carbocycles. The summed E-state index contributed by atoms with van der Waals surface area (Å²) in [6.45, 7) is 31.7. The Morgan fingerprint density at radius 1 is 0.329 bits per heavy atom. The molecule has 0 fully saturated rings. The molecule has 0 bridgehead atoms. The second-order valence-electron chi connectivity index (χ2n) is 26.8. The van der Waals surface area contributed by atoms with Gasteiger partial charge in [-0.05, 0) is 172 Å². The van der Waals surface area contributed by atoms with Crippen molar-refractivity contribution in [3.05, 3.63) is 221 Å². The van der Waals surface area contributed by atoms with Crippen LogP contribution in [0.5, 0.6) is 0 Å². The van der Waals surface area contributed by atoms with E-state index in [1.54, 1.807) is 0 Å². The van der Waals surface area contributed by atoms with Crippen LogP contribution in [0.3, 0.4) is 0 Å². The zero-order valence-electron chi connectivity index (χ0n) is 50.0. The molecule has 0 aliphatic heterocycles. The van der Waals surface area contributed by atoms with Gasteiger partial charge in [0.1, 0.15) is 0 Å². The number of nitrogens with zero attached hydrogens (tertiary/aromatic N) is 6. The number of aryl methyl sites for hydroxylation is 2. The first-order valence-electron chi connectivity index (χ1n) is 28.8. The van der Waals surface area contributed by atoms with E-state index in [2.05, 4.69) is 282 Å². The lowest BCUT2D eigenvalue weighted by Crippen LogP contribution is -2.17. The predicted octanol–water partition coefficient (Wildman–Crippen LogP) is 20.1. The molecule has 6 heteroatoms. The summed E-state index contributed by atoms with van der Waals surface area (Å²) in [5.74, 6) is 1.84. The molecule has 406 valence electrons. The van der Waals surface area contributed by atoms with Gasteiger partial charge in [-0.1, -0.05) is 173 Å². The lowest BCUT2D eigenvalue weighted by molar-refractivity contribution is 0.568. The van der Waals surface area contributed by atoms with E-state index >= 15 is 0 Å². The van der Waals surface area contributed by atoms with Gasteiger partial charge < -0.3 is 9.13 Å². The van der Waals surface area contributed by atoms with E-state index in [1.165, 1.54) is 54.9 Å². The second kappa shape index (κ2) is 19.7. The molecule has 3 aromatic heterocycles. The highest BCUT2D eigenvalue weighted by Gasteiger charge is 2.27. The molecule has 12 aromatic rings. The van der Waals surface area contributed by atoms with Gasteiger partial charge in [0.05, 0.1) is 45.1 Å². The second-order valence-corrected chi connectivity index (χ2v) is 26.8. The van der Waals surface area contributed by atoms with E-state index in [9.17, 15) is 5.26 Å². The third kappa shape index (κ3) is 9.76. The van der Waals surface area contributed by atoms with Crippen LogP contribution in [0.15, 0.2) is 182 Å². The number of nitriles is 1. The van der Waals surface area contributed by atoms with Crippen molar-refractivity contribution in [3.8, 4) is 73.9 Å². The van der Waals surface area contributed by atoms with Crippen LogP contribution in [0.4, 0.5) is 0 Å². The maximum absolute atomic E-state index is 9.90. The molecule has 0 aliphatic carbocycles. The van der Waals surface area contributed by atoms with Crippen molar-refractivity contribution in [1.29, 1.82) is 5.26 Å². The molecule has 82 heavy (non-hydrogen) atoms. The largest absolute Gasteiger partial charge is 0.309 e. The van der Waals surface area contributed by atoms with Gasteiger partial charge in [-0.15, -0.1) is 0 Å². The zero-order valence-corrected chi connectivity index (χ0v) is 50.0. The Balaban J connectivity index is 1.22. The number of fused-ring (bicyclic) bond motifs is 6. The Kier molecular flexibility index (Phi) is 12.9. The summed E-state index contributed by atoms with van der Waals surface area (Å²) in [7, 11) is 0. The summed E-state index contributed by atoms with van der Waals surface area (Å²) < 4.78 is 4.88. The SMILES string of the molecule is Cc1ccc2c(c1)c1ccccc1n2-c1ccc(-c2ccc(C#N)cc2)cc1-c1cc(-c2nc(-c3cc(C(C)(C)C)cc(C(C)(C)C)c3)nc(-c3cc(C(C)(C)C)cc(C(C)(C)C)c3)n2)ccc1-n1c2ccccc2c2cc(C)ccc21. The number of hydrogen-bond acceptors (Lipinski definition) is 4. The molecule has 0 spiro atoms. The highest BCUT2D eigenvalue weighted by molar-refractivity contribution is 6.12. The summed E-state index contributed by atoms with van der Waals surface area (Å²) >= 11 is 0. The first-order chi connectivity index (χ1) is 38.9. The lowest BCUT2D eigenvalue weighted by atomic mass is 9.79. The summed E-state index contributed by atoms with van der Waals surface area (Å²) in [6.07, 6.45) is 0. The molecule has 12 rings (SSSR count). The van der Waals surface area contributed by atoms with E-state index in [-0.39, 0.29) is 21.7 Å². The molecular formula is C76H72N6. The van der Waals surface area contributed by atoms with Gasteiger partial charge in [0.15, 0.2) is 17.5 Å². The minimum atomic E-state index is -0.132. The summed E-state index contributed by atoms with van der Waals surface area (Å²) in [4.78, 5) is 16.7. The average Bonchev–Trinajstić information content (AvgIpc) is 3.38. The zero-order chi connectivity index (χ0) is 57.8. The minimum absolute atomic E-state index is 0.132. The lowest BCUT2D eigenvalue weighted by Gasteiger charge is -2.26. The van der Waals surface area contributed by atoms with Crippen molar-refractivity contribution >= 4 is 43.6 Å². The Morgan fingerprint density at radius 3 is 1.09 bits per heavy atom. The normalized spacial score (nSPS) is 12.5. The summed E-state index contributed by atoms with van der Waals surface area (Å²) in [5, 5.41) is 14.7. The summed E-state index contributed by atoms with van der Waals surface area (Å²) in [6, 6.07) is 68.9. The molecule has 6 nitrogen and oxygen atoms in total. The van der Waals surface area contributed by atoms with Crippen LogP contribution in [0.25, 0.3) is 111 Å². The van der Waals surface area contributed by atoms with Crippen LogP contribution in [0.2, 0.25) is 0 Å². The van der Waals surface area contributed by atoms with Crippen molar-refractivity contribution in [1.82, 2.24) is 24.1 Å². The topological polar surface area (TPSA) is 72.3 Å². The fourth-order valence-corrected chi connectivity index (χ4v) is 11.7. The number of benzene rings is 9. The molecule has 3 heterocycles. The molecule has 0 saturated heterocycles. The summed E-state index contributed by atoms with van der Waals surface area (Å²) in [5.41, 5.74) is 20.8. The Hall–Kier alpha value is -8.92. The Morgan fingerprint density at radius 2 is 0.683 bits per heavy atom. The maximum Gasteiger partial charge on any atom is 0.164 e. The molecule has 0 N–H and O–H groups in total. The molecule has 0 saturated carbocycles. The number of aromatic nitrogens is 5. The highest BCUT2D eigenvalue weighted by atomic mass is 15.0. The Labute approximate surface area is 483 Å². The van der Waals surface area contributed by atoms with Crippen LogP contribution >= 0.6 is 0 Å². The first-order valence-corrected chi connectivity index (χ1v) is 28.8. The van der Waals surface area contributed by atoms with Crippen molar-refractivity contribution in [2.24, 2.45) is 0 Å². The molecule has 0 radical (unpaired) electrons. The van der Waals surface area contributed by atoms with Crippen LogP contribution in [-0.2, 0) is 21.7 Å². The smallest absolute Gasteiger partial charge is 0.164 e. The monoisotopic (exact) mass is 1070 g/mol. The number of hydrogen-bond donors (Lipinski definition) is 0. The van der Waals surface area contributed by atoms with Gasteiger partial charge in [0, 0.05) is 49.4 Å². The van der Waals surface area contributed by atoms with Crippen LogP contribution in [-0.4, -0.2) is 24.1 Å². The van der Waals surface area contributed by atoms with Crippen LogP contribution in [0, 0.1) is 25.2 Å². The molecule has 0 aliphatic rings. The number of para-hydroxylation sites is 2. The predicted molar refractivity (Wildman–Crippen MR) is 345 cm³/mol. The standard InChI is InChI=1S/C76H72N6/c1-46-23-31-66-60(35-46)58-19-15-17-21-64(58)81(66)68-33-29-50(49-27-25-48(45-77)26-28-49)41-62(68)63-42-51(30-34-69(63)82-65-22-18-16-20-59(65)61-36-47(2)24-32-67(61)82)70-78-71(52-37-54(73(3,4)5)43-55(38-52)74(6,7)8)80-72(79-70)53-39-56(75(9,10)11)44-57(40-53)76(12,13)14/h15-44H,1-14H3. The van der Waals surface area contributed by atoms with Gasteiger partial charge in [0.25, 0.3) is 0 Å². The van der Waals surface area contributed by atoms with E-state index in [4.69, 9.17) is 15.0 Å². The fourth-order valence-electron chi connectivity index (χ4n) is 11.7. The van der Waals surface area contributed by atoms with Crippen molar-refractivity contribution in [2.75, 3.05) is 0 Å². The fraction of sp³-hybridized carbons (Fsp3) is 0.237. The van der Waals surface area contributed by atoms with E-state index < -0.39 is 0 Å². The average molecular weight is 1070 g/mol. The first kappa shape index (κ1) is 53.7. The van der Waals surface area contributed by atoms with E-state index in [0.717, 1.165) is 72.4 Å². The van der Waals surface area contributed by atoms with Gasteiger partial charge in [-0.2, -0.15) is 5.26 Å². The van der Waals surface area contributed by atoms with Crippen molar-refractivity contribution in [3.63, 3.8) is 0 Å². The number of rotatable bonds is 7. The van der Waals surface area contributed by atoms with Crippen LogP contribution in [0.1, 0.15) is 122 Å². The highest BCUT2D eigenvalue weighted by Crippen LogP contribution is 2.45. The van der Waals surface area contributed by atoms with Crippen LogP contribution < -0.4 is 0 Å². The minimum Gasteiger partial charge on any atom is -0.309 e. The van der Waals surface area contributed by atoms with Gasteiger partial charge in [-0.3, -0.25) is 0 Å². The van der Waals surface area contributed by atoms with E-state index in [1.807, 2.05) is 12.1 Å². The van der Waals surface area contributed by atoms with Crippen molar-refractivity contribution in [2.45, 2.75) is 119 Å².